The lowest BCUT2D eigenvalue weighted by atomic mass is 10.0. The van der Waals surface area contributed by atoms with Gasteiger partial charge in [-0.05, 0) is 24.6 Å². The van der Waals surface area contributed by atoms with E-state index in [1.54, 1.807) is 38.1 Å². The Labute approximate surface area is 165 Å². The Kier molecular flexibility index (Phi) is 6.98. The van der Waals surface area contributed by atoms with Gasteiger partial charge in [-0.3, -0.25) is 10.1 Å². The zero-order valence-electron chi connectivity index (χ0n) is 16.1. The summed E-state index contributed by atoms with van der Waals surface area (Å²) in [5, 5.41) is 24.7. The maximum absolute atomic E-state index is 12.7. The van der Waals surface area contributed by atoms with Crippen LogP contribution in [-0.2, 0) is 10.0 Å². The second-order valence-electron chi connectivity index (χ2n) is 6.19. The lowest BCUT2D eigenvalue weighted by Gasteiger charge is -2.21. The molecule has 152 valence electrons. The monoisotopic (exact) mass is 407 g/mol. The van der Waals surface area contributed by atoms with Crippen LogP contribution >= 0.6 is 0 Å². The van der Waals surface area contributed by atoms with Crippen molar-refractivity contribution in [1.29, 1.82) is 0 Å². The van der Waals surface area contributed by atoms with Gasteiger partial charge in [0.2, 0.25) is 10.0 Å². The number of sulfonamides is 1. The summed E-state index contributed by atoms with van der Waals surface area (Å²) in [5.74, 6) is 0.0882. The molecule has 0 aromatic heterocycles. The summed E-state index contributed by atoms with van der Waals surface area (Å²) in [4.78, 5) is 10.9. The number of anilines is 1. The molecule has 0 heterocycles. The molecule has 0 aliphatic rings. The highest BCUT2D eigenvalue weighted by molar-refractivity contribution is 7.89. The van der Waals surface area contributed by atoms with Crippen LogP contribution in [0.5, 0.6) is 5.75 Å². The lowest BCUT2D eigenvalue weighted by Crippen LogP contribution is -2.30. The largest absolute Gasteiger partial charge is 0.508 e. The smallest absolute Gasteiger partial charge is 0.293 e. The van der Waals surface area contributed by atoms with E-state index in [1.165, 1.54) is 16.4 Å². The van der Waals surface area contributed by atoms with Crippen LogP contribution in [0.15, 0.2) is 47.4 Å². The van der Waals surface area contributed by atoms with Crippen LogP contribution in [0.3, 0.4) is 0 Å². The van der Waals surface area contributed by atoms with Gasteiger partial charge in [-0.2, -0.15) is 4.31 Å². The predicted molar refractivity (Wildman–Crippen MR) is 108 cm³/mol. The highest BCUT2D eigenvalue weighted by Crippen LogP contribution is 2.34. The number of nitro groups is 1. The number of hydrogen-bond acceptors (Lipinski definition) is 6. The third-order valence-corrected chi connectivity index (χ3v) is 6.61. The van der Waals surface area contributed by atoms with Gasteiger partial charge in [0, 0.05) is 24.7 Å². The first kappa shape index (κ1) is 21.6. The van der Waals surface area contributed by atoms with Gasteiger partial charge in [-0.15, -0.1) is 0 Å². The Morgan fingerprint density at radius 2 is 1.79 bits per heavy atom. The third-order valence-electron chi connectivity index (χ3n) is 4.56. The molecule has 0 fully saturated rings. The van der Waals surface area contributed by atoms with E-state index in [0.29, 0.717) is 12.0 Å². The molecule has 0 saturated carbocycles. The van der Waals surface area contributed by atoms with Crippen LogP contribution in [0.2, 0.25) is 0 Å². The molecule has 2 rings (SSSR count). The number of hydrogen-bond donors (Lipinski definition) is 2. The van der Waals surface area contributed by atoms with Crippen molar-refractivity contribution in [2.75, 3.05) is 18.4 Å². The van der Waals surface area contributed by atoms with Crippen molar-refractivity contribution in [1.82, 2.24) is 4.31 Å². The number of nitrogens with one attached hydrogen (secondary N) is 1. The molecule has 1 atom stereocenters. The van der Waals surface area contributed by atoms with Crippen LogP contribution in [-0.4, -0.2) is 35.8 Å². The van der Waals surface area contributed by atoms with Crippen LogP contribution in [0.4, 0.5) is 11.4 Å². The second kappa shape index (κ2) is 9.03. The molecule has 0 spiro atoms. The number of phenolic OH excluding ortho intramolecular Hbond substituents is 1. The molecule has 0 bridgehead atoms. The van der Waals surface area contributed by atoms with Crippen molar-refractivity contribution in [3.05, 3.63) is 58.1 Å². The van der Waals surface area contributed by atoms with Crippen molar-refractivity contribution in [2.24, 2.45) is 0 Å². The first-order chi connectivity index (χ1) is 13.3. The molecule has 0 aliphatic carbocycles. The van der Waals surface area contributed by atoms with E-state index in [1.807, 2.05) is 6.92 Å². The fourth-order valence-electron chi connectivity index (χ4n) is 3.03. The Bertz CT molecular complexity index is 942. The second-order valence-corrected chi connectivity index (χ2v) is 8.13. The first-order valence-corrected chi connectivity index (χ1v) is 10.5. The van der Waals surface area contributed by atoms with Crippen LogP contribution < -0.4 is 5.32 Å². The number of nitrogens with zero attached hydrogens (tertiary/aromatic N) is 2. The van der Waals surface area contributed by atoms with E-state index < -0.39 is 14.9 Å². The summed E-state index contributed by atoms with van der Waals surface area (Å²) < 4.78 is 26.6. The minimum Gasteiger partial charge on any atom is -0.508 e. The molecule has 2 aromatic carbocycles. The molecule has 0 radical (unpaired) electrons. The molecule has 0 saturated heterocycles. The Morgan fingerprint density at radius 3 is 2.32 bits per heavy atom. The minimum absolute atomic E-state index is 0.0882. The van der Waals surface area contributed by atoms with Crippen LogP contribution in [0.25, 0.3) is 0 Å². The topological polar surface area (TPSA) is 113 Å². The summed E-state index contributed by atoms with van der Waals surface area (Å²) >= 11 is 0. The maximum atomic E-state index is 12.7. The van der Waals surface area contributed by atoms with Gasteiger partial charge >= 0.3 is 0 Å². The van der Waals surface area contributed by atoms with Crippen LogP contribution in [0.1, 0.15) is 38.8 Å². The molecule has 9 heteroatoms. The summed E-state index contributed by atoms with van der Waals surface area (Å²) in [6, 6.07) is 10.2. The highest BCUT2D eigenvalue weighted by Gasteiger charge is 2.26. The van der Waals surface area contributed by atoms with E-state index >= 15 is 0 Å². The zero-order valence-corrected chi connectivity index (χ0v) is 16.9. The van der Waals surface area contributed by atoms with Gasteiger partial charge in [-0.25, -0.2) is 8.42 Å². The van der Waals surface area contributed by atoms with Gasteiger partial charge in [0.15, 0.2) is 0 Å². The number of rotatable bonds is 9. The summed E-state index contributed by atoms with van der Waals surface area (Å²) in [7, 11) is -3.81. The van der Waals surface area contributed by atoms with E-state index in [-0.39, 0.29) is 41.2 Å². The van der Waals surface area contributed by atoms with Crippen molar-refractivity contribution < 1.29 is 18.4 Å². The molecule has 2 N–H and O–H groups in total. The van der Waals surface area contributed by atoms with Crippen molar-refractivity contribution in [3.8, 4) is 5.75 Å². The molecule has 8 nitrogen and oxygen atoms in total. The van der Waals surface area contributed by atoms with E-state index in [9.17, 15) is 23.6 Å². The fraction of sp³-hybridized carbons (Fsp3) is 0.368. The van der Waals surface area contributed by atoms with Gasteiger partial charge in [-0.1, -0.05) is 39.0 Å². The number of para-hydroxylation sites is 1. The minimum atomic E-state index is -3.81. The number of nitro benzene ring substituents is 1. The Hall–Kier alpha value is -2.65. The first-order valence-electron chi connectivity index (χ1n) is 9.09. The molecular weight excluding hydrogens is 382 g/mol. The predicted octanol–water partition coefficient (Wildman–Crippen LogP) is 3.89. The molecular formula is C19H25N3O5S. The fourth-order valence-corrected chi connectivity index (χ4v) is 4.51. The van der Waals surface area contributed by atoms with Gasteiger partial charge in [0.25, 0.3) is 5.69 Å². The summed E-state index contributed by atoms with van der Waals surface area (Å²) in [5.41, 5.74) is 0.472. The number of benzene rings is 2. The lowest BCUT2D eigenvalue weighted by molar-refractivity contribution is -0.384. The molecule has 0 aliphatic heterocycles. The Balaban J connectivity index is 2.46. The summed E-state index contributed by atoms with van der Waals surface area (Å²) in [6.45, 7) is 5.86. The standard InChI is InChI=1S/C19H25N3O5S/c1-4-16(15-9-7-8-10-19(15)23)20-17-12-11-14(13-18(17)22(24)25)28(26,27)21(5-2)6-3/h7-13,16,20,23H,4-6H2,1-3H3/t16-/m1/s1. The van der Waals surface area contributed by atoms with E-state index in [2.05, 4.69) is 5.32 Å². The quantitative estimate of drug-likeness (QED) is 0.482. The van der Waals surface area contributed by atoms with E-state index in [0.717, 1.165) is 6.07 Å². The van der Waals surface area contributed by atoms with Crippen molar-refractivity contribution in [2.45, 2.75) is 38.1 Å². The normalized spacial score (nSPS) is 12.7. The third kappa shape index (κ3) is 4.42. The molecule has 2 aromatic rings. The van der Waals surface area contributed by atoms with Crippen molar-refractivity contribution >= 4 is 21.4 Å². The molecule has 0 unspecified atom stereocenters. The number of aromatic hydroxyl groups is 1. The average Bonchev–Trinajstić information content (AvgIpc) is 2.67. The average molecular weight is 407 g/mol. The van der Waals surface area contributed by atoms with Crippen LogP contribution in [0, 0.1) is 10.1 Å². The SMILES string of the molecule is CC[C@@H](Nc1ccc(S(=O)(=O)N(CC)CC)cc1[N+](=O)[O-])c1ccccc1O. The molecule has 0 amide bonds. The maximum Gasteiger partial charge on any atom is 0.293 e. The highest BCUT2D eigenvalue weighted by atomic mass is 32.2. The van der Waals surface area contributed by atoms with Gasteiger partial charge in [0.1, 0.15) is 11.4 Å². The number of phenols is 1. The van der Waals surface area contributed by atoms with E-state index in [4.69, 9.17) is 0 Å². The summed E-state index contributed by atoms with van der Waals surface area (Å²) in [6.07, 6.45) is 0.564. The Morgan fingerprint density at radius 1 is 1.14 bits per heavy atom. The van der Waals surface area contributed by atoms with Crippen molar-refractivity contribution in [3.63, 3.8) is 0 Å². The molecule has 28 heavy (non-hydrogen) atoms. The zero-order chi connectivity index (χ0) is 20.9. The van der Waals surface area contributed by atoms with Gasteiger partial charge in [0.05, 0.1) is 15.9 Å². The van der Waals surface area contributed by atoms with Gasteiger partial charge < -0.3 is 10.4 Å².